The van der Waals surface area contributed by atoms with Gasteiger partial charge >= 0.3 is 0 Å². The molecule has 1 saturated heterocycles. The minimum absolute atomic E-state index is 0. The number of rotatable bonds is 5. The zero-order valence-electron chi connectivity index (χ0n) is 13.5. The molecule has 5 nitrogen and oxygen atoms in total. The minimum atomic E-state index is -0.125. The van der Waals surface area contributed by atoms with Crippen LogP contribution >= 0.6 is 12.4 Å². The van der Waals surface area contributed by atoms with Gasteiger partial charge in [0.1, 0.15) is 0 Å². The molecule has 128 valence electrons. The molecule has 0 radical (unpaired) electrons. The van der Waals surface area contributed by atoms with Gasteiger partial charge in [-0.05, 0) is 31.2 Å². The van der Waals surface area contributed by atoms with Crippen molar-refractivity contribution in [3.05, 3.63) is 35.9 Å². The third-order valence-electron chi connectivity index (χ3n) is 4.20. The quantitative estimate of drug-likeness (QED) is 0.850. The van der Waals surface area contributed by atoms with Crippen LogP contribution in [-0.2, 0) is 16.0 Å². The van der Waals surface area contributed by atoms with E-state index < -0.39 is 0 Å². The van der Waals surface area contributed by atoms with Gasteiger partial charge in [0.25, 0.3) is 0 Å². The summed E-state index contributed by atoms with van der Waals surface area (Å²) < 4.78 is 0. The first-order chi connectivity index (χ1) is 10.6. The Balaban J connectivity index is 0.00000264. The minimum Gasteiger partial charge on any atom is -0.347 e. The van der Waals surface area contributed by atoms with E-state index in [9.17, 15) is 9.59 Å². The topological polar surface area (TPSA) is 75.4 Å². The molecule has 0 bridgehead atoms. The second-order valence-corrected chi connectivity index (χ2v) is 6.04. The lowest BCUT2D eigenvalue weighted by Crippen LogP contribution is -2.48. The van der Waals surface area contributed by atoms with E-state index in [1.54, 1.807) is 0 Å². The van der Waals surface area contributed by atoms with Gasteiger partial charge in [0.15, 0.2) is 0 Å². The van der Waals surface area contributed by atoms with Gasteiger partial charge in [0, 0.05) is 19.1 Å². The summed E-state index contributed by atoms with van der Waals surface area (Å²) in [5.41, 5.74) is 6.88. The lowest BCUT2D eigenvalue weighted by Gasteiger charge is -2.34. The number of hydrogen-bond acceptors (Lipinski definition) is 3. The summed E-state index contributed by atoms with van der Waals surface area (Å²) in [4.78, 5) is 25.9. The third-order valence-corrected chi connectivity index (χ3v) is 4.20. The van der Waals surface area contributed by atoms with Gasteiger partial charge in [0.05, 0.1) is 13.0 Å². The van der Waals surface area contributed by atoms with Gasteiger partial charge in [-0.2, -0.15) is 0 Å². The SMILES string of the molecule is CC(N)C1CCCN(C(=O)CNC(=O)Cc2ccccc2)C1.Cl. The van der Waals surface area contributed by atoms with Crippen molar-refractivity contribution >= 4 is 24.2 Å². The summed E-state index contributed by atoms with van der Waals surface area (Å²) in [6.45, 7) is 3.51. The zero-order chi connectivity index (χ0) is 15.9. The maximum Gasteiger partial charge on any atom is 0.241 e. The highest BCUT2D eigenvalue weighted by Crippen LogP contribution is 2.18. The van der Waals surface area contributed by atoms with Crippen molar-refractivity contribution in [1.29, 1.82) is 0 Å². The summed E-state index contributed by atoms with van der Waals surface area (Å²) in [7, 11) is 0. The maximum absolute atomic E-state index is 12.2. The Kier molecular flexibility index (Phi) is 8.06. The van der Waals surface area contributed by atoms with Crippen LogP contribution in [0.25, 0.3) is 0 Å². The monoisotopic (exact) mass is 339 g/mol. The van der Waals surface area contributed by atoms with Gasteiger partial charge in [-0.3, -0.25) is 9.59 Å². The first-order valence-corrected chi connectivity index (χ1v) is 7.90. The molecular weight excluding hydrogens is 314 g/mol. The lowest BCUT2D eigenvalue weighted by molar-refractivity contribution is -0.134. The molecule has 1 fully saturated rings. The van der Waals surface area contributed by atoms with Crippen molar-refractivity contribution in [2.24, 2.45) is 11.7 Å². The Bertz CT molecular complexity index is 508. The van der Waals surface area contributed by atoms with Crippen LogP contribution < -0.4 is 11.1 Å². The molecule has 6 heteroatoms. The highest BCUT2D eigenvalue weighted by molar-refractivity contribution is 5.86. The number of nitrogens with one attached hydrogen (secondary N) is 1. The molecular formula is C17H26ClN3O2. The van der Waals surface area contributed by atoms with Gasteiger partial charge in [-0.1, -0.05) is 30.3 Å². The second kappa shape index (κ2) is 9.53. The number of hydrogen-bond donors (Lipinski definition) is 2. The average Bonchev–Trinajstić information content (AvgIpc) is 2.53. The van der Waals surface area contributed by atoms with Crippen molar-refractivity contribution in [1.82, 2.24) is 10.2 Å². The van der Waals surface area contributed by atoms with E-state index in [4.69, 9.17) is 5.73 Å². The van der Waals surface area contributed by atoms with E-state index in [0.717, 1.165) is 24.9 Å². The molecule has 2 amide bonds. The molecule has 2 atom stereocenters. The molecule has 0 spiro atoms. The number of carbonyl (C=O) groups excluding carboxylic acids is 2. The third kappa shape index (κ3) is 6.20. The molecule has 0 saturated carbocycles. The highest BCUT2D eigenvalue weighted by Gasteiger charge is 2.25. The van der Waals surface area contributed by atoms with Crippen molar-refractivity contribution in [3.63, 3.8) is 0 Å². The van der Waals surface area contributed by atoms with Crippen LogP contribution in [0.4, 0.5) is 0 Å². The number of amides is 2. The molecule has 3 N–H and O–H groups in total. The summed E-state index contributed by atoms with van der Waals surface area (Å²) in [5, 5.41) is 2.71. The standard InChI is InChI=1S/C17H25N3O2.ClH/c1-13(18)15-8-5-9-20(12-15)17(22)11-19-16(21)10-14-6-3-2-4-7-14;/h2-4,6-7,13,15H,5,8-12,18H2,1H3,(H,19,21);1H. The van der Waals surface area contributed by atoms with Crippen LogP contribution in [0.2, 0.25) is 0 Å². The van der Waals surface area contributed by atoms with Gasteiger partial charge in [-0.25, -0.2) is 0 Å². The summed E-state index contributed by atoms with van der Waals surface area (Å²) >= 11 is 0. The number of likely N-dealkylation sites (tertiary alicyclic amines) is 1. The number of benzene rings is 1. The Morgan fingerprint density at radius 1 is 1.35 bits per heavy atom. The molecule has 1 aromatic carbocycles. The number of nitrogens with two attached hydrogens (primary N) is 1. The first-order valence-electron chi connectivity index (χ1n) is 7.90. The Morgan fingerprint density at radius 2 is 2.04 bits per heavy atom. The molecule has 1 aromatic rings. The van der Waals surface area contributed by atoms with Crippen molar-refractivity contribution in [3.8, 4) is 0 Å². The number of piperidine rings is 1. The fourth-order valence-corrected chi connectivity index (χ4v) is 2.80. The normalized spacial score (nSPS) is 18.7. The average molecular weight is 340 g/mol. The maximum atomic E-state index is 12.2. The number of halogens is 1. The van der Waals surface area contributed by atoms with E-state index in [-0.39, 0.29) is 36.8 Å². The van der Waals surface area contributed by atoms with Crippen LogP contribution in [0.1, 0.15) is 25.3 Å². The Morgan fingerprint density at radius 3 is 2.70 bits per heavy atom. The van der Waals surface area contributed by atoms with E-state index in [1.807, 2.05) is 42.2 Å². The Hall–Kier alpha value is -1.59. The molecule has 0 aliphatic carbocycles. The van der Waals surface area contributed by atoms with Crippen molar-refractivity contribution in [2.75, 3.05) is 19.6 Å². The summed E-state index contributed by atoms with van der Waals surface area (Å²) in [6.07, 6.45) is 2.36. The Labute approximate surface area is 144 Å². The van der Waals surface area contributed by atoms with Gasteiger partial charge < -0.3 is 16.0 Å². The van der Waals surface area contributed by atoms with Crippen LogP contribution in [-0.4, -0.2) is 42.4 Å². The predicted molar refractivity (Wildman–Crippen MR) is 93.4 cm³/mol. The fraction of sp³-hybridized carbons (Fsp3) is 0.529. The highest BCUT2D eigenvalue weighted by atomic mass is 35.5. The van der Waals surface area contributed by atoms with E-state index >= 15 is 0 Å². The molecule has 1 heterocycles. The van der Waals surface area contributed by atoms with Crippen LogP contribution in [0.15, 0.2) is 30.3 Å². The molecule has 1 aliphatic heterocycles. The van der Waals surface area contributed by atoms with Crippen LogP contribution in [0, 0.1) is 5.92 Å². The number of carbonyl (C=O) groups is 2. The van der Waals surface area contributed by atoms with Crippen LogP contribution in [0.3, 0.4) is 0 Å². The second-order valence-electron chi connectivity index (χ2n) is 6.04. The predicted octanol–water partition coefficient (Wildman–Crippen LogP) is 1.35. The summed E-state index contributed by atoms with van der Waals surface area (Å²) in [6, 6.07) is 9.61. The van der Waals surface area contributed by atoms with E-state index in [2.05, 4.69) is 5.32 Å². The van der Waals surface area contributed by atoms with E-state index in [0.29, 0.717) is 18.9 Å². The molecule has 2 unspecified atom stereocenters. The molecule has 23 heavy (non-hydrogen) atoms. The lowest BCUT2D eigenvalue weighted by atomic mass is 9.92. The summed E-state index contributed by atoms with van der Waals surface area (Å²) in [5.74, 6) is 0.213. The fourth-order valence-electron chi connectivity index (χ4n) is 2.80. The van der Waals surface area contributed by atoms with Crippen LogP contribution in [0.5, 0.6) is 0 Å². The smallest absolute Gasteiger partial charge is 0.241 e. The largest absolute Gasteiger partial charge is 0.347 e. The zero-order valence-corrected chi connectivity index (χ0v) is 14.3. The first kappa shape index (κ1) is 19.5. The number of nitrogens with zero attached hydrogens (tertiary/aromatic N) is 1. The molecule has 1 aliphatic rings. The van der Waals surface area contributed by atoms with Crippen molar-refractivity contribution < 1.29 is 9.59 Å². The van der Waals surface area contributed by atoms with Gasteiger partial charge in [-0.15, -0.1) is 12.4 Å². The van der Waals surface area contributed by atoms with Crippen molar-refractivity contribution in [2.45, 2.75) is 32.2 Å². The molecule has 0 aromatic heterocycles. The van der Waals surface area contributed by atoms with Gasteiger partial charge in [0.2, 0.25) is 11.8 Å². The van der Waals surface area contributed by atoms with E-state index in [1.165, 1.54) is 0 Å². The molecule has 2 rings (SSSR count).